The van der Waals surface area contributed by atoms with Crippen LogP contribution in [0.15, 0.2) is 24.8 Å². The summed E-state index contributed by atoms with van der Waals surface area (Å²) in [7, 11) is 0. The number of anilines is 2. The number of hydrogen-bond acceptors (Lipinski definition) is 7. The molecule has 1 unspecified atom stereocenters. The Morgan fingerprint density at radius 3 is 2.82 bits per heavy atom. The molecule has 0 radical (unpaired) electrons. The minimum Gasteiger partial charge on any atom is -0.354 e. The first-order chi connectivity index (χ1) is 13.5. The van der Waals surface area contributed by atoms with Crippen LogP contribution in [0, 0.1) is 13.8 Å². The Balaban J connectivity index is 1.45. The number of carbonyl (C=O) groups excluding carboxylic acids is 1. The van der Waals surface area contributed by atoms with Crippen molar-refractivity contribution in [1.82, 2.24) is 29.7 Å². The number of fused-ring (bicyclic) bond motifs is 1. The molecule has 4 rings (SSSR count). The highest BCUT2D eigenvalue weighted by atomic mass is 16.1. The number of aromatic nitrogens is 5. The summed E-state index contributed by atoms with van der Waals surface area (Å²) in [6.07, 6.45) is 7.89. The van der Waals surface area contributed by atoms with Gasteiger partial charge in [0.25, 0.3) is 5.91 Å². The monoisotopic (exact) mass is 380 g/mol. The van der Waals surface area contributed by atoms with Gasteiger partial charge < -0.3 is 19.9 Å². The van der Waals surface area contributed by atoms with Gasteiger partial charge in [0, 0.05) is 25.3 Å². The van der Waals surface area contributed by atoms with Crippen LogP contribution in [0.5, 0.6) is 0 Å². The quantitative estimate of drug-likeness (QED) is 0.693. The summed E-state index contributed by atoms with van der Waals surface area (Å²) in [5, 5.41) is 6.24. The second-order valence-corrected chi connectivity index (χ2v) is 7.03. The highest BCUT2D eigenvalue weighted by molar-refractivity contribution is 6.02. The van der Waals surface area contributed by atoms with Gasteiger partial charge in [0.15, 0.2) is 5.65 Å². The van der Waals surface area contributed by atoms with Crippen LogP contribution in [0.25, 0.3) is 5.65 Å². The Bertz CT molecular complexity index is 997. The SMILES string of the molecule is CCNC1CCN(c2cnc(C(=O)Nc3cn4cc(C)nc4c(C)n3)cn2)C1. The van der Waals surface area contributed by atoms with E-state index in [9.17, 15) is 4.79 Å². The van der Waals surface area contributed by atoms with Crippen molar-refractivity contribution >= 4 is 23.2 Å². The van der Waals surface area contributed by atoms with E-state index in [1.165, 1.54) is 6.20 Å². The van der Waals surface area contributed by atoms with E-state index < -0.39 is 0 Å². The highest BCUT2D eigenvalue weighted by Crippen LogP contribution is 2.18. The Labute approximate surface area is 163 Å². The molecule has 1 saturated heterocycles. The number of carbonyl (C=O) groups is 1. The zero-order valence-corrected chi connectivity index (χ0v) is 16.3. The lowest BCUT2D eigenvalue weighted by molar-refractivity contribution is 0.102. The first kappa shape index (κ1) is 18.3. The molecule has 1 amide bonds. The van der Waals surface area contributed by atoms with Crippen LogP contribution in [0.1, 0.15) is 35.2 Å². The van der Waals surface area contributed by atoms with Gasteiger partial charge in [-0.2, -0.15) is 0 Å². The molecule has 1 fully saturated rings. The molecule has 146 valence electrons. The molecule has 1 aliphatic rings. The number of nitrogens with one attached hydrogen (secondary N) is 2. The van der Waals surface area contributed by atoms with Gasteiger partial charge in [-0.05, 0) is 26.8 Å². The van der Waals surface area contributed by atoms with Gasteiger partial charge >= 0.3 is 0 Å². The molecule has 28 heavy (non-hydrogen) atoms. The van der Waals surface area contributed by atoms with Crippen molar-refractivity contribution in [2.24, 2.45) is 0 Å². The third-order valence-electron chi connectivity index (χ3n) is 4.84. The lowest BCUT2D eigenvalue weighted by atomic mass is 10.3. The average Bonchev–Trinajstić information content (AvgIpc) is 3.28. The number of likely N-dealkylation sites (N-methyl/N-ethyl adjacent to an activating group) is 1. The standard InChI is InChI=1S/C19H24N8O/c1-4-20-14-5-6-26(10-14)17-8-21-15(7-22-17)19(28)25-16-11-27-9-12(2)23-18(27)13(3)24-16/h7-9,11,14,20H,4-6,10H2,1-3H3,(H,25,28). The lowest BCUT2D eigenvalue weighted by Gasteiger charge is -2.17. The fourth-order valence-electron chi connectivity index (χ4n) is 3.54. The number of rotatable bonds is 5. The predicted octanol–water partition coefficient (Wildman–Crippen LogP) is 1.58. The Kier molecular flexibility index (Phi) is 4.91. The number of amides is 1. The maximum atomic E-state index is 12.5. The van der Waals surface area contributed by atoms with Gasteiger partial charge in [-0.15, -0.1) is 0 Å². The van der Waals surface area contributed by atoms with Crippen molar-refractivity contribution in [3.05, 3.63) is 41.9 Å². The van der Waals surface area contributed by atoms with Crippen molar-refractivity contribution in [2.45, 2.75) is 33.2 Å². The van der Waals surface area contributed by atoms with Gasteiger partial charge in [0.05, 0.1) is 30.0 Å². The molecule has 0 bridgehead atoms. The summed E-state index contributed by atoms with van der Waals surface area (Å²) in [5.41, 5.74) is 2.68. The van der Waals surface area contributed by atoms with E-state index in [2.05, 4.69) is 42.4 Å². The van der Waals surface area contributed by atoms with Crippen molar-refractivity contribution in [2.75, 3.05) is 29.9 Å². The molecule has 1 atom stereocenters. The van der Waals surface area contributed by atoms with Gasteiger partial charge in [0.1, 0.15) is 17.3 Å². The van der Waals surface area contributed by atoms with E-state index in [4.69, 9.17) is 0 Å². The summed E-state index contributed by atoms with van der Waals surface area (Å²) >= 11 is 0. The molecule has 0 saturated carbocycles. The normalized spacial score (nSPS) is 16.7. The van der Waals surface area contributed by atoms with Crippen LogP contribution in [0.4, 0.5) is 11.6 Å². The average molecular weight is 380 g/mol. The summed E-state index contributed by atoms with van der Waals surface area (Å²) in [4.78, 5) is 32.3. The molecular weight excluding hydrogens is 356 g/mol. The number of aryl methyl sites for hydroxylation is 2. The van der Waals surface area contributed by atoms with Crippen LogP contribution in [0.2, 0.25) is 0 Å². The van der Waals surface area contributed by atoms with Crippen LogP contribution < -0.4 is 15.5 Å². The summed E-state index contributed by atoms with van der Waals surface area (Å²) in [6, 6.07) is 0.478. The Hall–Kier alpha value is -3.07. The number of hydrogen-bond donors (Lipinski definition) is 2. The van der Waals surface area contributed by atoms with Crippen LogP contribution in [-0.2, 0) is 0 Å². The third-order valence-corrected chi connectivity index (χ3v) is 4.84. The van der Waals surface area contributed by atoms with Crippen LogP contribution >= 0.6 is 0 Å². The molecule has 0 spiro atoms. The maximum Gasteiger partial charge on any atom is 0.277 e. The second kappa shape index (κ2) is 7.51. The largest absolute Gasteiger partial charge is 0.354 e. The molecule has 4 heterocycles. The number of imidazole rings is 1. The maximum absolute atomic E-state index is 12.5. The van der Waals surface area contributed by atoms with Crippen molar-refractivity contribution in [1.29, 1.82) is 0 Å². The van der Waals surface area contributed by atoms with Crippen LogP contribution in [0.3, 0.4) is 0 Å². The zero-order chi connectivity index (χ0) is 19.7. The summed E-state index contributed by atoms with van der Waals surface area (Å²) in [5.74, 6) is 0.904. The molecule has 9 nitrogen and oxygen atoms in total. The Morgan fingerprint density at radius 2 is 2.07 bits per heavy atom. The molecule has 3 aromatic rings. The van der Waals surface area contributed by atoms with E-state index in [1.807, 2.05) is 24.4 Å². The van der Waals surface area contributed by atoms with Crippen molar-refractivity contribution < 1.29 is 4.79 Å². The summed E-state index contributed by atoms with van der Waals surface area (Å²) < 4.78 is 1.86. The highest BCUT2D eigenvalue weighted by Gasteiger charge is 2.23. The van der Waals surface area contributed by atoms with E-state index in [-0.39, 0.29) is 11.6 Å². The van der Waals surface area contributed by atoms with Gasteiger partial charge in [0.2, 0.25) is 0 Å². The first-order valence-corrected chi connectivity index (χ1v) is 9.48. The predicted molar refractivity (Wildman–Crippen MR) is 107 cm³/mol. The van der Waals surface area contributed by atoms with E-state index >= 15 is 0 Å². The third kappa shape index (κ3) is 3.65. The molecule has 2 N–H and O–H groups in total. The van der Waals surface area contributed by atoms with Gasteiger partial charge in [-0.3, -0.25) is 4.79 Å². The Morgan fingerprint density at radius 1 is 1.21 bits per heavy atom. The van der Waals surface area contributed by atoms with E-state index in [0.717, 1.165) is 48.9 Å². The van der Waals surface area contributed by atoms with Crippen LogP contribution in [-0.4, -0.2) is 55.9 Å². The molecule has 3 aromatic heterocycles. The minimum absolute atomic E-state index is 0.257. The topological polar surface area (TPSA) is 100 Å². The fourth-order valence-corrected chi connectivity index (χ4v) is 3.54. The molecule has 0 aromatic carbocycles. The minimum atomic E-state index is -0.339. The smallest absolute Gasteiger partial charge is 0.277 e. The molecule has 9 heteroatoms. The molecule has 1 aliphatic heterocycles. The van der Waals surface area contributed by atoms with Gasteiger partial charge in [-0.25, -0.2) is 19.9 Å². The molecule has 0 aliphatic carbocycles. The second-order valence-electron chi connectivity index (χ2n) is 7.03. The fraction of sp³-hybridized carbons (Fsp3) is 0.421. The summed E-state index contributed by atoms with van der Waals surface area (Å²) in [6.45, 7) is 8.69. The zero-order valence-electron chi connectivity index (χ0n) is 16.3. The van der Waals surface area contributed by atoms with Crippen molar-refractivity contribution in [3.8, 4) is 0 Å². The lowest BCUT2D eigenvalue weighted by Crippen LogP contribution is -2.32. The van der Waals surface area contributed by atoms with E-state index in [1.54, 1.807) is 12.4 Å². The van der Waals surface area contributed by atoms with Crippen molar-refractivity contribution in [3.63, 3.8) is 0 Å². The van der Waals surface area contributed by atoms with E-state index in [0.29, 0.717) is 11.9 Å². The van der Waals surface area contributed by atoms with Gasteiger partial charge in [-0.1, -0.05) is 6.92 Å². The first-order valence-electron chi connectivity index (χ1n) is 9.48. The molecular formula is C19H24N8O. The number of nitrogens with zero attached hydrogens (tertiary/aromatic N) is 6.